The lowest BCUT2D eigenvalue weighted by Gasteiger charge is -2.33. The third-order valence-corrected chi connectivity index (χ3v) is 3.90. The summed E-state index contributed by atoms with van der Waals surface area (Å²) in [4.78, 5) is 11.5. The number of aliphatic hydroxyl groups is 1. The van der Waals surface area contributed by atoms with Crippen molar-refractivity contribution in [3.8, 4) is 0 Å². The first kappa shape index (κ1) is 8.48. The molecule has 14 heavy (non-hydrogen) atoms. The molecular formula is C11H14O3. The van der Waals surface area contributed by atoms with E-state index in [2.05, 4.69) is 6.92 Å². The number of ether oxygens (including phenoxy) is 1. The summed E-state index contributed by atoms with van der Waals surface area (Å²) in [6, 6.07) is 0. The molecule has 3 nitrogen and oxygen atoms in total. The molecule has 0 spiro atoms. The Balaban J connectivity index is 2.14. The largest absolute Gasteiger partial charge is 0.455 e. The Morgan fingerprint density at radius 3 is 3.14 bits per heavy atom. The summed E-state index contributed by atoms with van der Waals surface area (Å²) in [7, 11) is 0. The predicted octanol–water partition coefficient (Wildman–Crippen LogP) is 1.02. The molecule has 1 N–H and O–H groups in total. The van der Waals surface area contributed by atoms with Crippen LogP contribution in [0.5, 0.6) is 0 Å². The first-order chi connectivity index (χ1) is 6.62. The van der Waals surface area contributed by atoms with Gasteiger partial charge in [-0.2, -0.15) is 0 Å². The fourth-order valence-corrected chi connectivity index (χ4v) is 3.25. The third-order valence-electron chi connectivity index (χ3n) is 3.90. The van der Waals surface area contributed by atoms with Crippen LogP contribution in [0.1, 0.15) is 26.2 Å². The minimum Gasteiger partial charge on any atom is -0.455 e. The Bertz CT molecular complexity index is 333. The van der Waals surface area contributed by atoms with E-state index >= 15 is 0 Å². The number of carbonyl (C=O) groups is 1. The summed E-state index contributed by atoms with van der Waals surface area (Å²) < 4.78 is 5.19. The van der Waals surface area contributed by atoms with Crippen molar-refractivity contribution in [1.82, 2.24) is 0 Å². The van der Waals surface area contributed by atoms with Gasteiger partial charge in [-0.1, -0.05) is 13.0 Å². The highest BCUT2D eigenvalue weighted by molar-refractivity contribution is 5.94. The van der Waals surface area contributed by atoms with Crippen molar-refractivity contribution in [3.63, 3.8) is 0 Å². The lowest BCUT2D eigenvalue weighted by atomic mass is 9.73. The maximum atomic E-state index is 11.5. The van der Waals surface area contributed by atoms with E-state index < -0.39 is 5.60 Å². The molecule has 3 rings (SSSR count). The molecule has 1 heterocycles. The van der Waals surface area contributed by atoms with E-state index in [9.17, 15) is 9.90 Å². The minimum absolute atomic E-state index is 0.231. The number of esters is 1. The Morgan fingerprint density at radius 2 is 2.36 bits per heavy atom. The summed E-state index contributed by atoms with van der Waals surface area (Å²) in [6.45, 7) is 2.09. The highest BCUT2D eigenvalue weighted by Gasteiger charge is 2.61. The van der Waals surface area contributed by atoms with Crippen molar-refractivity contribution < 1.29 is 14.6 Å². The Hall–Kier alpha value is -0.830. The molecule has 0 amide bonds. The van der Waals surface area contributed by atoms with Crippen molar-refractivity contribution in [2.75, 3.05) is 0 Å². The van der Waals surface area contributed by atoms with Gasteiger partial charge in [-0.15, -0.1) is 0 Å². The summed E-state index contributed by atoms with van der Waals surface area (Å²) in [6.07, 6.45) is 4.41. The normalized spacial score (nSPS) is 50.0. The number of hydrogen-bond acceptors (Lipinski definition) is 3. The van der Waals surface area contributed by atoms with E-state index in [1.54, 1.807) is 0 Å². The van der Waals surface area contributed by atoms with Gasteiger partial charge in [-0.05, 0) is 31.1 Å². The van der Waals surface area contributed by atoms with Crippen molar-refractivity contribution in [2.24, 2.45) is 11.8 Å². The van der Waals surface area contributed by atoms with E-state index in [0.717, 1.165) is 19.3 Å². The third kappa shape index (κ3) is 0.793. The second-order valence-electron chi connectivity index (χ2n) is 4.79. The van der Waals surface area contributed by atoms with Gasteiger partial charge in [-0.3, -0.25) is 0 Å². The molecule has 0 aromatic heterocycles. The Kier molecular flexibility index (Phi) is 1.45. The van der Waals surface area contributed by atoms with Crippen LogP contribution in [0.3, 0.4) is 0 Å². The van der Waals surface area contributed by atoms with Crippen LogP contribution in [-0.4, -0.2) is 22.8 Å². The molecule has 1 unspecified atom stereocenters. The molecule has 0 radical (unpaired) electrons. The molecule has 2 aliphatic carbocycles. The number of carbonyl (C=O) groups excluding carboxylic acids is 1. The zero-order valence-electron chi connectivity index (χ0n) is 8.19. The number of hydrogen-bond donors (Lipinski definition) is 1. The van der Waals surface area contributed by atoms with Gasteiger partial charge < -0.3 is 9.84 Å². The highest BCUT2D eigenvalue weighted by Crippen LogP contribution is 2.52. The lowest BCUT2D eigenvalue weighted by molar-refractivity contribution is -0.140. The molecule has 76 valence electrons. The fraction of sp³-hybridized carbons (Fsp3) is 0.727. The van der Waals surface area contributed by atoms with Gasteiger partial charge in [0.05, 0.1) is 5.57 Å². The quantitative estimate of drug-likeness (QED) is 0.586. The van der Waals surface area contributed by atoms with Crippen molar-refractivity contribution in [3.05, 3.63) is 11.6 Å². The molecule has 3 aliphatic rings. The molecule has 0 aromatic rings. The topological polar surface area (TPSA) is 46.5 Å². The van der Waals surface area contributed by atoms with Gasteiger partial charge in [-0.25, -0.2) is 4.79 Å². The van der Waals surface area contributed by atoms with E-state index in [1.807, 2.05) is 6.08 Å². The molecular weight excluding hydrogens is 180 g/mol. The molecule has 1 saturated heterocycles. The first-order valence-corrected chi connectivity index (χ1v) is 5.28. The first-order valence-electron chi connectivity index (χ1n) is 5.28. The van der Waals surface area contributed by atoms with Gasteiger partial charge in [0, 0.05) is 0 Å². The molecule has 3 heteroatoms. The summed E-state index contributed by atoms with van der Waals surface area (Å²) in [5.74, 6) is 0.322. The number of allylic oxidation sites excluding steroid dienone is 1. The van der Waals surface area contributed by atoms with Crippen molar-refractivity contribution in [2.45, 2.75) is 37.9 Å². The van der Waals surface area contributed by atoms with Crippen molar-refractivity contribution >= 4 is 5.97 Å². The molecule has 1 saturated carbocycles. The van der Waals surface area contributed by atoms with Crippen molar-refractivity contribution in [1.29, 1.82) is 0 Å². The average Bonchev–Trinajstić information content (AvgIpc) is 2.55. The molecule has 0 bridgehead atoms. The fourth-order valence-electron chi connectivity index (χ4n) is 3.25. The van der Waals surface area contributed by atoms with Crippen LogP contribution in [-0.2, 0) is 9.53 Å². The molecule has 1 aliphatic heterocycles. The monoisotopic (exact) mass is 194 g/mol. The molecule has 0 aromatic carbocycles. The predicted molar refractivity (Wildman–Crippen MR) is 49.4 cm³/mol. The summed E-state index contributed by atoms with van der Waals surface area (Å²) >= 11 is 0. The molecule has 2 fully saturated rings. The Labute approximate surface area is 82.8 Å². The minimum atomic E-state index is -0.941. The average molecular weight is 194 g/mol. The van der Waals surface area contributed by atoms with Crippen LogP contribution >= 0.6 is 0 Å². The molecule has 4 atom stereocenters. The second kappa shape index (κ2) is 2.40. The second-order valence-corrected chi connectivity index (χ2v) is 4.79. The zero-order valence-corrected chi connectivity index (χ0v) is 8.19. The lowest BCUT2D eigenvalue weighted by Crippen LogP contribution is -2.43. The van der Waals surface area contributed by atoms with E-state index in [-0.39, 0.29) is 18.0 Å². The van der Waals surface area contributed by atoms with Gasteiger partial charge in [0.15, 0.2) is 0 Å². The standard InChI is InChI=1S/C11H14O3/c1-6-4-7-2-3-9-11(7,13)8(5-6)10(12)14-9/h5-7,9,13H,2-4H2,1H3/t6?,7-,9+,11-/m0/s1. The maximum absolute atomic E-state index is 11.5. The van der Waals surface area contributed by atoms with E-state index in [1.165, 1.54) is 0 Å². The van der Waals surface area contributed by atoms with Crippen LogP contribution in [0.4, 0.5) is 0 Å². The summed E-state index contributed by atoms with van der Waals surface area (Å²) in [5, 5.41) is 10.5. The van der Waals surface area contributed by atoms with E-state index in [4.69, 9.17) is 4.74 Å². The smallest absolute Gasteiger partial charge is 0.337 e. The van der Waals surface area contributed by atoms with E-state index in [0.29, 0.717) is 11.5 Å². The van der Waals surface area contributed by atoms with Gasteiger partial charge in [0.25, 0.3) is 0 Å². The highest BCUT2D eigenvalue weighted by atomic mass is 16.6. The van der Waals surface area contributed by atoms with Crippen LogP contribution in [0.2, 0.25) is 0 Å². The van der Waals surface area contributed by atoms with Crippen LogP contribution in [0.15, 0.2) is 11.6 Å². The van der Waals surface area contributed by atoms with Crippen LogP contribution in [0.25, 0.3) is 0 Å². The van der Waals surface area contributed by atoms with Gasteiger partial charge in [0.1, 0.15) is 11.7 Å². The van der Waals surface area contributed by atoms with Gasteiger partial charge >= 0.3 is 5.97 Å². The van der Waals surface area contributed by atoms with Crippen LogP contribution < -0.4 is 0 Å². The maximum Gasteiger partial charge on any atom is 0.337 e. The Morgan fingerprint density at radius 1 is 1.57 bits per heavy atom. The van der Waals surface area contributed by atoms with Crippen LogP contribution in [0, 0.1) is 11.8 Å². The van der Waals surface area contributed by atoms with Gasteiger partial charge in [0.2, 0.25) is 0 Å². The SMILES string of the molecule is CC1C=C2C(=O)O[C@@H]3CC[C@@H](C1)[C@]23O. The zero-order chi connectivity index (χ0) is 9.92. The number of rotatable bonds is 0. The summed E-state index contributed by atoms with van der Waals surface area (Å²) in [5.41, 5.74) is -0.410.